The number of hydrogen-bond donors (Lipinski definition) is 2. The molecular weight excluding hydrogens is 290 g/mol. The van der Waals surface area contributed by atoms with Crippen LogP contribution in [0, 0.1) is 0 Å². The molecule has 0 atom stereocenters. The first-order valence-corrected chi connectivity index (χ1v) is 7.68. The summed E-state index contributed by atoms with van der Waals surface area (Å²) >= 11 is 0. The molecule has 0 amide bonds. The molecule has 0 aliphatic rings. The van der Waals surface area contributed by atoms with E-state index in [1.807, 2.05) is 48.5 Å². The standard InChI is InChI=1S/C19H19NO3/c21-19(22)9-8-14-4-3-5-15(10-14)12-20-13-17-11-16-6-1-2-7-18(16)23-17/h1-7,10-11,20H,8-9,12-13H2,(H,21,22). The molecule has 0 saturated heterocycles. The minimum absolute atomic E-state index is 0.163. The highest BCUT2D eigenvalue weighted by atomic mass is 16.4. The normalized spacial score (nSPS) is 11.0. The van der Waals surface area contributed by atoms with Gasteiger partial charge >= 0.3 is 5.97 Å². The predicted octanol–water partition coefficient (Wildman–Crippen LogP) is 3.74. The maximum Gasteiger partial charge on any atom is 0.303 e. The number of carboxylic acid groups (broad SMARTS) is 1. The van der Waals surface area contributed by atoms with Gasteiger partial charge in [-0.1, -0.05) is 42.5 Å². The summed E-state index contributed by atoms with van der Waals surface area (Å²) in [4.78, 5) is 10.6. The number of aliphatic carboxylic acids is 1. The molecule has 2 N–H and O–H groups in total. The van der Waals surface area contributed by atoms with Crippen LogP contribution >= 0.6 is 0 Å². The summed E-state index contributed by atoms with van der Waals surface area (Å²) in [6, 6.07) is 18.0. The summed E-state index contributed by atoms with van der Waals surface area (Å²) in [6.45, 7) is 1.38. The number of rotatable bonds is 7. The second-order valence-corrected chi connectivity index (χ2v) is 5.57. The van der Waals surface area contributed by atoms with Gasteiger partial charge in [-0.2, -0.15) is 0 Å². The molecule has 23 heavy (non-hydrogen) atoms. The van der Waals surface area contributed by atoms with E-state index < -0.39 is 5.97 Å². The van der Waals surface area contributed by atoms with E-state index in [2.05, 4.69) is 11.4 Å². The first kappa shape index (κ1) is 15.3. The van der Waals surface area contributed by atoms with Gasteiger partial charge in [0.05, 0.1) is 6.54 Å². The Bertz CT molecular complexity index is 774. The van der Waals surface area contributed by atoms with E-state index in [0.29, 0.717) is 13.0 Å². The molecule has 0 bridgehead atoms. The van der Waals surface area contributed by atoms with Gasteiger partial charge in [0.1, 0.15) is 11.3 Å². The number of hydrogen-bond acceptors (Lipinski definition) is 3. The van der Waals surface area contributed by atoms with E-state index >= 15 is 0 Å². The molecule has 0 saturated carbocycles. The van der Waals surface area contributed by atoms with E-state index in [-0.39, 0.29) is 6.42 Å². The van der Waals surface area contributed by atoms with E-state index in [9.17, 15) is 4.79 Å². The SMILES string of the molecule is O=C(O)CCc1cccc(CNCc2cc3ccccc3o2)c1. The predicted molar refractivity (Wildman–Crippen MR) is 89.2 cm³/mol. The number of furan rings is 1. The van der Waals surface area contributed by atoms with Crippen LogP contribution in [0.3, 0.4) is 0 Å². The highest BCUT2D eigenvalue weighted by Gasteiger charge is 2.03. The number of para-hydroxylation sites is 1. The van der Waals surface area contributed by atoms with Crippen molar-refractivity contribution in [3.8, 4) is 0 Å². The van der Waals surface area contributed by atoms with Gasteiger partial charge < -0.3 is 14.8 Å². The van der Waals surface area contributed by atoms with E-state index in [1.54, 1.807) is 0 Å². The molecular formula is C19H19NO3. The zero-order valence-corrected chi connectivity index (χ0v) is 12.8. The average Bonchev–Trinajstić information content (AvgIpc) is 2.96. The van der Waals surface area contributed by atoms with Crippen LogP contribution in [0.5, 0.6) is 0 Å². The highest BCUT2D eigenvalue weighted by Crippen LogP contribution is 2.18. The Kier molecular flexibility index (Phi) is 4.74. The second kappa shape index (κ2) is 7.11. The van der Waals surface area contributed by atoms with Gasteiger partial charge in [0, 0.05) is 18.4 Å². The minimum atomic E-state index is -0.765. The Balaban J connectivity index is 1.55. The van der Waals surface area contributed by atoms with Gasteiger partial charge in [-0.15, -0.1) is 0 Å². The average molecular weight is 309 g/mol. The summed E-state index contributed by atoms with van der Waals surface area (Å²) in [5, 5.41) is 13.2. The molecule has 4 nitrogen and oxygen atoms in total. The number of fused-ring (bicyclic) bond motifs is 1. The highest BCUT2D eigenvalue weighted by molar-refractivity contribution is 5.77. The third-order valence-corrected chi connectivity index (χ3v) is 3.72. The smallest absolute Gasteiger partial charge is 0.303 e. The van der Waals surface area contributed by atoms with Crippen molar-refractivity contribution in [3.05, 3.63) is 71.5 Å². The molecule has 1 aromatic heterocycles. The molecule has 4 heteroatoms. The second-order valence-electron chi connectivity index (χ2n) is 5.57. The molecule has 0 aliphatic carbocycles. The number of carboxylic acids is 1. The van der Waals surface area contributed by atoms with Crippen LogP contribution in [0.25, 0.3) is 11.0 Å². The van der Waals surface area contributed by atoms with Gasteiger partial charge in [0.15, 0.2) is 0 Å². The molecule has 1 heterocycles. The van der Waals surface area contributed by atoms with Crippen molar-refractivity contribution in [1.29, 1.82) is 0 Å². The van der Waals surface area contributed by atoms with Crippen molar-refractivity contribution < 1.29 is 14.3 Å². The van der Waals surface area contributed by atoms with Crippen LogP contribution in [-0.2, 0) is 24.3 Å². The monoisotopic (exact) mass is 309 g/mol. The molecule has 0 fully saturated rings. The lowest BCUT2D eigenvalue weighted by Gasteiger charge is -2.05. The van der Waals surface area contributed by atoms with Crippen LogP contribution in [0.1, 0.15) is 23.3 Å². The van der Waals surface area contributed by atoms with Crippen molar-refractivity contribution in [2.24, 2.45) is 0 Å². The lowest BCUT2D eigenvalue weighted by atomic mass is 10.1. The van der Waals surface area contributed by atoms with Crippen LogP contribution < -0.4 is 5.32 Å². The lowest BCUT2D eigenvalue weighted by molar-refractivity contribution is -0.136. The minimum Gasteiger partial charge on any atom is -0.481 e. The van der Waals surface area contributed by atoms with Crippen LogP contribution in [0.2, 0.25) is 0 Å². The zero-order chi connectivity index (χ0) is 16.1. The number of aryl methyl sites for hydroxylation is 1. The summed E-state index contributed by atoms with van der Waals surface area (Å²) in [5.41, 5.74) is 3.10. The molecule has 0 radical (unpaired) electrons. The third kappa shape index (κ3) is 4.20. The van der Waals surface area contributed by atoms with E-state index in [1.165, 1.54) is 0 Å². The fourth-order valence-corrected chi connectivity index (χ4v) is 2.60. The van der Waals surface area contributed by atoms with Crippen LogP contribution in [0.15, 0.2) is 59.0 Å². The van der Waals surface area contributed by atoms with Gasteiger partial charge in [-0.05, 0) is 29.7 Å². The Morgan fingerprint density at radius 3 is 2.65 bits per heavy atom. The van der Waals surface area contributed by atoms with E-state index in [4.69, 9.17) is 9.52 Å². The van der Waals surface area contributed by atoms with Gasteiger partial charge in [0.2, 0.25) is 0 Å². The molecule has 0 aliphatic heterocycles. The quantitative estimate of drug-likeness (QED) is 0.698. The Morgan fingerprint density at radius 1 is 1.00 bits per heavy atom. The van der Waals surface area contributed by atoms with Crippen LogP contribution in [0.4, 0.5) is 0 Å². The number of carbonyl (C=O) groups is 1. The third-order valence-electron chi connectivity index (χ3n) is 3.72. The van der Waals surface area contributed by atoms with Crippen molar-refractivity contribution in [1.82, 2.24) is 5.32 Å². The van der Waals surface area contributed by atoms with Gasteiger partial charge in [-0.25, -0.2) is 0 Å². The molecule has 0 spiro atoms. The van der Waals surface area contributed by atoms with Crippen molar-refractivity contribution in [3.63, 3.8) is 0 Å². The Morgan fingerprint density at radius 2 is 1.83 bits per heavy atom. The molecule has 0 unspecified atom stereocenters. The van der Waals surface area contributed by atoms with E-state index in [0.717, 1.165) is 34.4 Å². The summed E-state index contributed by atoms with van der Waals surface area (Å²) < 4.78 is 5.77. The number of benzene rings is 2. The first-order chi connectivity index (χ1) is 11.2. The molecule has 3 rings (SSSR count). The van der Waals surface area contributed by atoms with Crippen LogP contribution in [-0.4, -0.2) is 11.1 Å². The van der Waals surface area contributed by atoms with Gasteiger partial charge in [0.25, 0.3) is 0 Å². The molecule has 3 aromatic rings. The van der Waals surface area contributed by atoms with Crippen molar-refractivity contribution in [2.75, 3.05) is 0 Å². The molecule has 118 valence electrons. The lowest BCUT2D eigenvalue weighted by Crippen LogP contribution is -2.12. The topological polar surface area (TPSA) is 62.5 Å². The summed E-state index contributed by atoms with van der Waals surface area (Å²) in [6.07, 6.45) is 0.725. The maximum atomic E-state index is 10.6. The maximum absolute atomic E-state index is 10.6. The summed E-state index contributed by atoms with van der Waals surface area (Å²) in [7, 11) is 0. The Hall–Kier alpha value is -2.59. The van der Waals surface area contributed by atoms with Gasteiger partial charge in [-0.3, -0.25) is 4.79 Å². The fraction of sp³-hybridized carbons (Fsp3) is 0.211. The van der Waals surface area contributed by atoms with Crippen molar-refractivity contribution in [2.45, 2.75) is 25.9 Å². The Labute approximate surface area is 134 Å². The number of nitrogens with one attached hydrogen (secondary N) is 1. The fourth-order valence-electron chi connectivity index (χ4n) is 2.60. The zero-order valence-electron chi connectivity index (χ0n) is 12.8. The molecule has 2 aromatic carbocycles. The largest absolute Gasteiger partial charge is 0.481 e. The van der Waals surface area contributed by atoms with Crippen molar-refractivity contribution >= 4 is 16.9 Å². The summed E-state index contributed by atoms with van der Waals surface area (Å²) in [5.74, 6) is 0.145. The first-order valence-electron chi connectivity index (χ1n) is 7.68.